The van der Waals surface area contributed by atoms with Crippen LogP contribution < -0.4 is 5.32 Å². The van der Waals surface area contributed by atoms with Crippen LogP contribution in [0.1, 0.15) is 21.7 Å². The third kappa shape index (κ3) is 3.43. The van der Waals surface area contributed by atoms with Crippen LogP contribution in [0.15, 0.2) is 35.0 Å². The molecule has 1 aromatic heterocycles. The van der Waals surface area contributed by atoms with Gasteiger partial charge < -0.3 is 14.9 Å². The SMILES string of the molecule is O=C(NCc1ccno1)c1cc(F)ccc1C#CCO. The van der Waals surface area contributed by atoms with Gasteiger partial charge in [-0.15, -0.1) is 0 Å². The fourth-order valence-electron chi connectivity index (χ4n) is 1.54. The smallest absolute Gasteiger partial charge is 0.253 e. The van der Waals surface area contributed by atoms with Crippen molar-refractivity contribution in [2.24, 2.45) is 0 Å². The van der Waals surface area contributed by atoms with E-state index in [-0.39, 0.29) is 18.7 Å². The maximum atomic E-state index is 13.2. The van der Waals surface area contributed by atoms with E-state index in [0.717, 1.165) is 6.07 Å². The zero-order valence-corrected chi connectivity index (χ0v) is 10.4. The van der Waals surface area contributed by atoms with Crippen molar-refractivity contribution in [2.75, 3.05) is 6.61 Å². The first-order valence-electron chi connectivity index (χ1n) is 5.77. The summed E-state index contributed by atoms with van der Waals surface area (Å²) in [5, 5.41) is 14.8. The van der Waals surface area contributed by atoms with E-state index < -0.39 is 11.7 Å². The Bertz CT molecular complexity index is 657. The minimum atomic E-state index is -0.538. The summed E-state index contributed by atoms with van der Waals surface area (Å²) >= 11 is 0. The normalized spacial score (nSPS) is 9.70. The van der Waals surface area contributed by atoms with Crippen LogP contribution in [0.5, 0.6) is 0 Å². The summed E-state index contributed by atoms with van der Waals surface area (Å²) in [7, 11) is 0. The van der Waals surface area contributed by atoms with Gasteiger partial charge in [-0.05, 0) is 18.2 Å². The number of hydrogen-bond donors (Lipinski definition) is 2. The molecule has 1 aromatic carbocycles. The van der Waals surface area contributed by atoms with Crippen molar-refractivity contribution in [3.63, 3.8) is 0 Å². The molecule has 1 amide bonds. The van der Waals surface area contributed by atoms with E-state index in [1.807, 2.05) is 0 Å². The molecule has 0 radical (unpaired) electrons. The molecule has 5 nitrogen and oxygen atoms in total. The van der Waals surface area contributed by atoms with Crippen molar-refractivity contribution in [3.05, 3.63) is 53.2 Å². The predicted octanol–water partition coefficient (Wildman–Crippen LogP) is 1.09. The first kappa shape index (κ1) is 13.8. The number of hydrogen-bond acceptors (Lipinski definition) is 4. The minimum absolute atomic E-state index is 0.102. The van der Waals surface area contributed by atoms with Gasteiger partial charge in [0.25, 0.3) is 5.91 Å². The summed E-state index contributed by atoms with van der Waals surface area (Å²) in [5.74, 6) is 4.49. The van der Waals surface area contributed by atoms with E-state index >= 15 is 0 Å². The molecule has 0 aliphatic heterocycles. The molecule has 2 N–H and O–H groups in total. The van der Waals surface area contributed by atoms with Gasteiger partial charge in [-0.3, -0.25) is 4.79 Å². The summed E-state index contributed by atoms with van der Waals surface area (Å²) in [6.07, 6.45) is 1.46. The Labute approximate surface area is 114 Å². The Kier molecular flexibility index (Phi) is 4.47. The number of benzene rings is 1. The van der Waals surface area contributed by atoms with Crippen molar-refractivity contribution >= 4 is 5.91 Å². The molecule has 0 saturated heterocycles. The van der Waals surface area contributed by atoms with Gasteiger partial charge in [0.05, 0.1) is 18.3 Å². The number of halogens is 1. The summed E-state index contributed by atoms with van der Waals surface area (Å²) in [6, 6.07) is 5.30. The Hall–Kier alpha value is -2.65. The third-order valence-corrected chi connectivity index (χ3v) is 2.44. The maximum absolute atomic E-state index is 13.2. The molecule has 6 heteroatoms. The topological polar surface area (TPSA) is 75.4 Å². The van der Waals surface area contributed by atoms with Gasteiger partial charge in [-0.2, -0.15) is 0 Å². The molecule has 0 saturated carbocycles. The number of nitrogens with one attached hydrogen (secondary N) is 1. The monoisotopic (exact) mass is 274 g/mol. The summed E-state index contributed by atoms with van der Waals surface area (Å²) in [4.78, 5) is 12.0. The van der Waals surface area contributed by atoms with Crippen LogP contribution in [0.2, 0.25) is 0 Å². The molecule has 102 valence electrons. The fraction of sp³-hybridized carbons (Fsp3) is 0.143. The average Bonchev–Trinajstić information content (AvgIpc) is 2.96. The van der Waals surface area contributed by atoms with Crippen molar-refractivity contribution < 1.29 is 18.8 Å². The molecule has 0 aliphatic rings. The van der Waals surface area contributed by atoms with E-state index in [1.165, 1.54) is 18.3 Å². The van der Waals surface area contributed by atoms with Crippen molar-refractivity contribution in [3.8, 4) is 11.8 Å². The Morgan fingerprint density at radius 3 is 3.00 bits per heavy atom. The van der Waals surface area contributed by atoms with Crippen LogP contribution in [-0.2, 0) is 6.54 Å². The molecule has 0 unspecified atom stereocenters. The zero-order chi connectivity index (χ0) is 14.4. The lowest BCUT2D eigenvalue weighted by Gasteiger charge is -2.05. The molecule has 0 bridgehead atoms. The molecule has 20 heavy (non-hydrogen) atoms. The van der Waals surface area contributed by atoms with E-state index in [9.17, 15) is 9.18 Å². The number of nitrogens with zero attached hydrogens (tertiary/aromatic N) is 1. The number of aliphatic hydroxyl groups is 1. The van der Waals surface area contributed by atoms with Gasteiger partial charge >= 0.3 is 0 Å². The number of aliphatic hydroxyl groups excluding tert-OH is 1. The van der Waals surface area contributed by atoms with Crippen molar-refractivity contribution in [1.29, 1.82) is 0 Å². The Balaban J connectivity index is 2.17. The fourth-order valence-corrected chi connectivity index (χ4v) is 1.54. The average molecular weight is 274 g/mol. The second-order valence-corrected chi connectivity index (χ2v) is 3.81. The van der Waals surface area contributed by atoms with Gasteiger partial charge in [-0.1, -0.05) is 17.0 Å². The summed E-state index contributed by atoms with van der Waals surface area (Å²) in [5.41, 5.74) is 0.445. The van der Waals surface area contributed by atoms with Crippen LogP contribution in [0.4, 0.5) is 4.39 Å². The van der Waals surface area contributed by atoms with Gasteiger partial charge in [-0.25, -0.2) is 4.39 Å². The van der Waals surface area contributed by atoms with Crippen LogP contribution in [0.3, 0.4) is 0 Å². The number of carbonyl (C=O) groups excluding carboxylic acids is 1. The van der Waals surface area contributed by atoms with Crippen LogP contribution in [0, 0.1) is 17.7 Å². The van der Waals surface area contributed by atoms with E-state index in [4.69, 9.17) is 9.63 Å². The summed E-state index contributed by atoms with van der Waals surface area (Å²) < 4.78 is 18.1. The van der Waals surface area contributed by atoms with Crippen LogP contribution in [-0.4, -0.2) is 22.8 Å². The van der Waals surface area contributed by atoms with Crippen LogP contribution in [0.25, 0.3) is 0 Å². The molecular weight excluding hydrogens is 263 g/mol. The molecule has 0 fully saturated rings. The van der Waals surface area contributed by atoms with Gasteiger partial charge in [0, 0.05) is 11.6 Å². The second-order valence-electron chi connectivity index (χ2n) is 3.81. The molecular formula is C14H11FN2O3. The Morgan fingerprint density at radius 1 is 1.45 bits per heavy atom. The van der Waals surface area contributed by atoms with Crippen molar-refractivity contribution in [2.45, 2.75) is 6.54 Å². The lowest BCUT2D eigenvalue weighted by Crippen LogP contribution is -2.23. The largest absolute Gasteiger partial charge is 0.384 e. The van der Waals surface area contributed by atoms with Crippen LogP contribution >= 0.6 is 0 Å². The predicted molar refractivity (Wildman–Crippen MR) is 68.0 cm³/mol. The molecule has 1 heterocycles. The van der Waals surface area contributed by atoms with Gasteiger partial charge in [0.2, 0.25) is 0 Å². The first-order valence-corrected chi connectivity index (χ1v) is 5.77. The maximum Gasteiger partial charge on any atom is 0.253 e. The highest BCUT2D eigenvalue weighted by Crippen LogP contribution is 2.11. The third-order valence-electron chi connectivity index (χ3n) is 2.44. The lowest BCUT2D eigenvalue weighted by molar-refractivity contribution is 0.0946. The van der Waals surface area contributed by atoms with E-state index in [1.54, 1.807) is 6.07 Å². The molecule has 0 aliphatic carbocycles. The van der Waals surface area contributed by atoms with Crippen molar-refractivity contribution in [1.82, 2.24) is 10.5 Å². The molecule has 2 aromatic rings. The number of rotatable bonds is 3. The molecule has 0 spiro atoms. The molecule has 0 atom stereocenters. The number of aromatic nitrogens is 1. The number of amides is 1. The lowest BCUT2D eigenvalue weighted by atomic mass is 10.1. The van der Waals surface area contributed by atoms with E-state index in [2.05, 4.69) is 22.3 Å². The van der Waals surface area contributed by atoms with Gasteiger partial charge in [0.15, 0.2) is 5.76 Å². The standard InChI is InChI=1S/C14H11FN2O3/c15-11-4-3-10(2-1-7-18)13(8-11)14(19)16-9-12-5-6-17-20-12/h3-6,8,18H,7,9H2,(H,16,19). The van der Waals surface area contributed by atoms with E-state index in [0.29, 0.717) is 11.3 Å². The minimum Gasteiger partial charge on any atom is -0.384 e. The highest BCUT2D eigenvalue weighted by Gasteiger charge is 2.12. The number of carbonyl (C=O) groups is 1. The van der Waals surface area contributed by atoms with Gasteiger partial charge in [0.1, 0.15) is 12.4 Å². The highest BCUT2D eigenvalue weighted by atomic mass is 19.1. The molecule has 2 rings (SSSR count). The quantitative estimate of drug-likeness (QED) is 0.821. The second kappa shape index (κ2) is 6.50. The zero-order valence-electron chi connectivity index (χ0n) is 10.4. The first-order chi connectivity index (χ1) is 9.70. The highest BCUT2D eigenvalue weighted by molar-refractivity contribution is 5.96. The Morgan fingerprint density at radius 2 is 2.30 bits per heavy atom. The summed E-state index contributed by atoms with van der Waals surface area (Å²) in [6.45, 7) is -0.196.